The molecule has 0 aromatic heterocycles. The van der Waals surface area contributed by atoms with Crippen molar-refractivity contribution >= 4 is 13.8 Å². The van der Waals surface area contributed by atoms with E-state index in [9.17, 15) is 39.8 Å². The third kappa shape index (κ3) is 17.6. The van der Waals surface area contributed by atoms with Gasteiger partial charge in [-0.1, -0.05) is 104 Å². The minimum Gasteiger partial charge on any atom is -0.457 e. The Morgan fingerprint density at radius 2 is 1.09 bits per heavy atom. The number of phosphoric ester groups is 1. The molecule has 12 nitrogen and oxygen atoms in total. The fourth-order valence-corrected chi connectivity index (χ4v) is 5.97. The van der Waals surface area contributed by atoms with Crippen molar-refractivity contribution < 1.29 is 58.3 Å². The first kappa shape index (κ1) is 40.4. The van der Waals surface area contributed by atoms with Gasteiger partial charge in [-0.2, -0.15) is 0 Å². The monoisotopic (exact) mass is 642 g/mol. The van der Waals surface area contributed by atoms with E-state index in [1.165, 1.54) is 51.4 Å². The van der Waals surface area contributed by atoms with Gasteiger partial charge in [-0.05, 0) is 12.8 Å². The van der Waals surface area contributed by atoms with Gasteiger partial charge in [-0.3, -0.25) is 13.8 Å². The van der Waals surface area contributed by atoms with Crippen molar-refractivity contribution in [1.82, 2.24) is 0 Å². The molecule has 6 unspecified atom stereocenters. The van der Waals surface area contributed by atoms with E-state index < -0.39 is 63.1 Å². The normalized spacial score (nSPS) is 26.2. The molecule has 0 aromatic carbocycles. The summed E-state index contributed by atoms with van der Waals surface area (Å²) in [5, 5.41) is 49.6. The van der Waals surface area contributed by atoms with E-state index in [2.05, 4.69) is 13.8 Å². The Bertz CT molecular complexity index is 741. The van der Waals surface area contributed by atoms with E-state index in [4.69, 9.17) is 18.5 Å². The molecule has 1 saturated carbocycles. The van der Waals surface area contributed by atoms with Crippen molar-refractivity contribution in [2.75, 3.05) is 19.8 Å². The zero-order valence-corrected chi connectivity index (χ0v) is 27.2. The van der Waals surface area contributed by atoms with Crippen LogP contribution in [0.15, 0.2) is 0 Å². The average Bonchev–Trinajstić information content (AvgIpc) is 2.98. The van der Waals surface area contributed by atoms with Crippen LogP contribution in [-0.2, 0) is 27.9 Å². The molecule has 0 aromatic rings. The molecule has 0 heterocycles. The first-order valence-electron chi connectivity index (χ1n) is 16.4. The highest BCUT2D eigenvalue weighted by molar-refractivity contribution is 7.47. The summed E-state index contributed by atoms with van der Waals surface area (Å²) in [5.74, 6) is -0.485. The lowest BCUT2D eigenvalue weighted by atomic mass is 9.85. The van der Waals surface area contributed by atoms with E-state index in [-0.39, 0.29) is 13.0 Å². The molecule has 0 spiro atoms. The highest BCUT2D eigenvalue weighted by Gasteiger charge is 2.51. The number of aliphatic hydroxyl groups excluding tert-OH is 5. The molecule has 13 heteroatoms. The molecule has 43 heavy (non-hydrogen) atoms. The van der Waals surface area contributed by atoms with Crippen LogP contribution >= 0.6 is 7.82 Å². The summed E-state index contributed by atoms with van der Waals surface area (Å²) in [4.78, 5) is 22.7. The molecule has 0 aliphatic heterocycles. The first-order chi connectivity index (χ1) is 20.5. The highest BCUT2D eigenvalue weighted by Crippen LogP contribution is 2.47. The number of aliphatic hydroxyl groups is 5. The van der Waals surface area contributed by atoms with Gasteiger partial charge < -0.3 is 39.9 Å². The molecule has 256 valence electrons. The topological polar surface area (TPSA) is 192 Å². The molecule has 0 amide bonds. The molecule has 0 saturated heterocycles. The van der Waals surface area contributed by atoms with E-state index in [1.54, 1.807) is 0 Å². The van der Waals surface area contributed by atoms with E-state index in [1.807, 2.05) is 0 Å². The number of unbranched alkanes of at least 4 members (excludes halogenated alkanes) is 14. The van der Waals surface area contributed by atoms with Crippen LogP contribution in [0.5, 0.6) is 0 Å². The number of rotatable bonds is 26. The molecule has 1 aliphatic rings. The Morgan fingerprint density at radius 1 is 0.651 bits per heavy atom. The SMILES string of the molecule is CCCCCCCCCCCOCC(COP(=O)(O)OC1C(O)C(O)C(O)C(O)C1O)OC(=O)CCCCCCCCC. The molecule has 6 N–H and O–H groups in total. The number of phosphoric acid groups is 1. The van der Waals surface area contributed by atoms with Crippen molar-refractivity contribution in [2.45, 2.75) is 166 Å². The second-order valence-electron chi connectivity index (χ2n) is 11.7. The van der Waals surface area contributed by atoms with Gasteiger partial charge in [0.05, 0.1) is 13.2 Å². The van der Waals surface area contributed by atoms with Crippen LogP contribution in [0.1, 0.15) is 123 Å². The van der Waals surface area contributed by atoms with Crippen LogP contribution in [0.4, 0.5) is 0 Å². The molecular weight excluding hydrogens is 583 g/mol. The third-order valence-electron chi connectivity index (χ3n) is 7.73. The lowest BCUT2D eigenvalue weighted by Gasteiger charge is -2.41. The summed E-state index contributed by atoms with van der Waals surface area (Å²) in [6.45, 7) is 4.14. The molecule has 1 rings (SSSR count). The standard InChI is InChI=1S/C30H59O12P/c1-3-5-7-9-11-12-14-16-18-20-39-21-23(41-24(31)19-17-15-13-10-8-6-4-2)22-40-43(37,38)42-30-28(35)26(33)25(32)27(34)29(30)36/h23,25-30,32-36H,3-22H2,1-2H3,(H,37,38). The largest absolute Gasteiger partial charge is 0.472 e. The lowest BCUT2D eigenvalue weighted by Crippen LogP contribution is -2.64. The summed E-state index contributed by atoms with van der Waals surface area (Å²) in [5.41, 5.74) is 0. The highest BCUT2D eigenvalue weighted by atomic mass is 31.2. The summed E-state index contributed by atoms with van der Waals surface area (Å²) in [7, 11) is -4.98. The predicted molar refractivity (Wildman–Crippen MR) is 161 cm³/mol. The molecule has 0 radical (unpaired) electrons. The van der Waals surface area contributed by atoms with E-state index in [0.717, 1.165) is 44.9 Å². The van der Waals surface area contributed by atoms with Crippen molar-refractivity contribution in [3.8, 4) is 0 Å². The predicted octanol–water partition coefficient (Wildman–Crippen LogP) is 3.91. The van der Waals surface area contributed by atoms with Gasteiger partial charge in [0.2, 0.25) is 0 Å². The van der Waals surface area contributed by atoms with Crippen molar-refractivity contribution in [3.05, 3.63) is 0 Å². The molecule has 6 atom stereocenters. The maximum absolute atomic E-state index is 12.6. The van der Waals surface area contributed by atoms with Gasteiger partial charge in [0.25, 0.3) is 0 Å². The van der Waals surface area contributed by atoms with E-state index in [0.29, 0.717) is 13.0 Å². The van der Waals surface area contributed by atoms with Gasteiger partial charge >= 0.3 is 13.8 Å². The van der Waals surface area contributed by atoms with Crippen LogP contribution in [0.3, 0.4) is 0 Å². The molecule has 1 aliphatic carbocycles. The molecule has 1 fully saturated rings. The summed E-state index contributed by atoms with van der Waals surface area (Å²) in [6, 6.07) is 0. The summed E-state index contributed by atoms with van der Waals surface area (Å²) < 4.78 is 33.6. The van der Waals surface area contributed by atoms with Crippen LogP contribution < -0.4 is 0 Å². The Morgan fingerprint density at radius 3 is 1.60 bits per heavy atom. The van der Waals surface area contributed by atoms with Crippen LogP contribution in [-0.4, -0.2) is 98.9 Å². The Labute approximate surface area is 257 Å². The van der Waals surface area contributed by atoms with Gasteiger partial charge in [-0.15, -0.1) is 0 Å². The minimum atomic E-state index is -4.98. The number of ether oxygens (including phenoxy) is 2. The number of hydrogen-bond donors (Lipinski definition) is 6. The average molecular weight is 643 g/mol. The number of carbonyl (C=O) groups is 1. The van der Waals surface area contributed by atoms with Crippen LogP contribution in [0.25, 0.3) is 0 Å². The lowest BCUT2D eigenvalue weighted by molar-refractivity contribution is -0.220. The van der Waals surface area contributed by atoms with Crippen molar-refractivity contribution in [3.63, 3.8) is 0 Å². The Kier molecular flexibility index (Phi) is 22.2. The summed E-state index contributed by atoms with van der Waals surface area (Å²) in [6.07, 6.45) is 5.18. The maximum Gasteiger partial charge on any atom is 0.472 e. The quantitative estimate of drug-likeness (QED) is 0.0454. The van der Waals surface area contributed by atoms with Gasteiger partial charge in [0.1, 0.15) is 42.7 Å². The number of carbonyl (C=O) groups excluding carboxylic acids is 1. The van der Waals surface area contributed by atoms with E-state index >= 15 is 0 Å². The number of esters is 1. The molecular formula is C30H59O12P. The third-order valence-corrected chi connectivity index (χ3v) is 8.72. The fourth-order valence-electron chi connectivity index (χ4n) is 5.00. The maximum atomic E-state index is 12.6. The smallest absolute Gasteiger partial charge is 0.457 e. The minimum absolute atomic E-state index is 0.0714. The van der Waals surface area contributed by atoms with Gasteiger partial charge in [-0.25, -0.2) is 4.57 Å². The first-order valence-corrected chi connectivity index (χ1v) is 17.9. The van der Waals surface area contributed by atoms with Crippen LogP contribution in [0, 0.1) is 0 Å². The van der Waals surface area contributed by atoms with Crippen molar-refractivity contribution in [2.24, 2.45) is 0 Å². The second kappa shape index (κ2) is 23.6. The van der Waals surface area contributed by atoms with Gasteiger partial charge in [0, 0.05) is 13.0 Å². The van der Waals surface area contributed by atoms with Crippen LogP contribution in [0.2, 0.25) is 0 Å². The Balaban J connectivity index is 2.55. The summed E-state index contributed by atoms with van der Waals surface area (Å²) >= 11 is 0. The van der Waals surface area contributed by atoms with Gasteiger partial charge in [0.15, 0.2) is 0 Å². The zero-order chi connectivity index (χ0) is 32.1. The Hall–Kier alpha value is -0.660. The second-order valence-corrected chi connectivity index (χ2v) is 13.1. The van der Waals surface area contributed by atoms with Crippen molar-refractivity contribution in [1.29, 1.82) is 0 Å². The zero-order valence-electron chi connectivity index (χ0n) is 26.3. The molecule has 0 bridgehead atoms. The number of hydrogen-bond acceptors (Lipinski definition) is 11. The fraction of sp³-hybridized carbons (Fsp3) is 0.967.